The largest absolute Gasteiger partial charge is 0.430 e. The zero-order valence-corrected chi connectivity index (χ0v) is 11.0. The van der Waals surface area contributed by atoms with Gasteiger partial charge in [-0.15, -0.1) is 0 Å². The van der Waals surface area contributed by atoms with Crippen LogP contribution in [0.25, 0.3) is 0 Å². The molecule has 0 radical (unpaired) electrons. The fourth-order valence-electron chi connectivity index (χ4n) is 2.92. The summed E-state index contributed by atoms with van der Waals surface area (Å²) in [6.45, 7) is 2.57. The van der Waals surface area contributed by atoms with E-state index in [-0.39, 0.29) is 18.2 Å². The van der Waals surface area contributed by atoms with E-state index in [0.717, 1.165) is 38.9 Å². The van der Waals surface area contributed by atoms with Crippen LogP contribution < -0.4 is 5.32 Å². The molecule has 1 aromatic rings. The molecular weight excluding hydrogens is 240 g/mol. The van der Waals surface area contributed by atoms with Gasteiger partial charge in [0, 0.05) is 19.0 Å². The number of benzene rings is 1. The summed E-state index contributed by atoms with van der Waals surface area (Å²) in [5.41, 5.74) is 1.24. The lowest BCUT2D eigenvalue weighted by molar-refractivity contribution is 0.0539. The fraction of sp³-hybridized carbons (Fsp3) is 0.533. The van der Waals surface area contributed by atoms with Crippen molar-refractivity contribution in [3.63, 3.8) is 0 Å². The second kappa shape index (κ2) is 5.61. The normalized spacial score (nSPS) is 26.6. The number of amides is 1. The predicted molar refractivity (Wildman–Crippen MR) is 72.9 cm³/mol. The summed E-state index contributed by atoms with van der Waals surface area (Å²) in [7, 11) is 0. The highest BCUT2D eigenvalue weighted by molar-refractivity contribution is 5.68. The van der Waals surface area contributed by atoms with Crippen LogP contribution in [0.2, 0.25) is 0 Å². The minimum absolute atomic E-state index is 0.169. The van der Waals surface area contributed by atoms with E-state index in [0.29, 0.717) is 0 Å². The van der Waals surface area contributed by atoms with Gasteiger partial charge in [0.1, 0.15) is 0 Å². The average molecular weight is 260 g/mol. The molecule has 2 aliphatic rings. The maximum Gasteiger partial charge on any atom is 0.411 e. The van der Waals surface area contributed by atoms with Gasteiger partial charge in [0.15, 0.2) is 6.23 Å². The Bertz CT molecular complexity index is 429. The molecule has 1 aromatic carbocycles. The van der Waals surface area contributed by atoms with E-state index in [1.165, 1.54) is 5.56 Å². The van der Waals surface area contributed by atoms with Crippen LogP contribution in [0.3, 0.4) is 0 Å². The molecule has 0 aliphatic carbocycles. The molecule has 2 saturated heterocycles. The van der Waals surface area contributed by atoms with E-state index >= 15 is 0 Å². The quantitative estimate of drug-likeness (QED) is 0.887. The predicted octanol–water partition coefficient (Wildman–Crippen LogP) is 2.32. The second-order valence-corrected chi connectivity index (χ2v) is 5.26. The number of hydrogen-bond donors (Lipinski definition) is 1. The van der Waals surface area contributed by atoms with Crippen molar-refractivity contribution in [3.05, 3.63) is 35.9 Å². The van der Waals surface area contributed by atoms with Crippen LogP contribution in [0.5, 0.6) is 0 Å². The van der Waals surface area contributed by atoms with Crippen LogP contribution in [-0.4, -0.2) is 36.9 Å². The first kappa shape index (κ1) is 12.5. The molecule has 3 rings (SSSR count). The van der Waals surface area contributed by atoms with Crippen LogP contribution in [-0.2, 0) is 4.74 Å². The first-order chi connectivity index (χ1) is 9.34. The number of nitrogens with one attached hydrogen (secondary N) is 1. The molecule has 2 atom stereocenters. The maximum absolute atomic E-state index is 12.0. The highest BCUT2D eigenvalue weighted by Gasteiger charge is 2.32. The maximum atomic E-state index is 12.0. The van der Waals surface area contributed by atoms with Gasteiger partial charge in [-0.3, -0.25) is 5.32 Å². The Kier molecular flexibility index (Phi) is 3.69. The van der Waals surface area contributed by atoms with Gasteiger partial charge in [0.25, 0.3) is 0 Å². The number of rotatable bonds is 2. The molecule has 2 aliphatic heterocycles. The van der Waals surface area contributed by atoms with Crippen LogP contribution in [0.1, 0.15) is 30.7 Å². The van der Waals surface area contributed by atoms with E-state index in [4.69, 9.17) is 4.74 Å². The molecule has 19 heavy (non-hydrogen) atoms. The van der Waals surface area contributed by atoms with Crippen molar-refractivity contribution in [2.24, 2.45) is 0 Å². The minimum atomic E-state index is -0.185. The Hall–Kier alpha value is -1.55. The minimum Gasteiger partial charge on any atom is -0.430 e. The van der Waals surface area contributed by atoms with Crippen molar-refractivity contribution in [1.29, 1.82) is 0 Å². The van der Waals surface area contributed by atoms with Crippen LogP contribution in [0, 0.1) is 0 Å². The molecule has 1 amide bonds. The zero-order valence-electron chi connectivity index (χ0n) is 11.0. The lowest BCUT2D eigenvalue weighted by Gasteiger charge is -2.23. The number of carbonyl (C=O) groups is 1. The van der Waals surface area contributed by atoms with Crippen molar-refractivity contribution in [2.45, 2.75) is 31.4 Å². The number of carbonyl (C=O) groups excluding carboxylic acids is 1. The van der Waals surface area contributed by atoms with Crippen LogP contribution in [0.4, 0.5) is 4.79 Å². The van der Waals surface area contributed by atoms with E-state index in [1.807, 2.05) is 23.1 Å². The standard InChI is InChI=1S/C15H20N2O2/c18-15(17-10-4-5-11-17)19-14-13(8-9-16-14)12-6-2-1-3-7-12/h1-3,6-7,13-14,16H,4-5,8-11H2/t13-,14-/m1/s1. The highest BCUT2D eigenvalue weighted by Crippen LogP contribution is 2.28. The Morgan fingerprint density at radius 2 is 1.95 bits per heavy atom. The van der Waals surface area contributed by atoms with Gasteiger partial charge < -0.3 is 9.64 Å². The zero-order chi connectivity index (χ0) is 13.1. The van der Waals surface area contributed by atoms with E-state index < -0.39 is 0 Å². The van der Waals surface area contributed by atoms with Gasteiger partial charge in [0.05, 0.1) is 0 Å². The summed E-state index contributed by atoms with van der Waals surface area (Å²) in [5.74, 6) is 0.271. The van der Waals surface area contributed by atoms with Crippen LogP contribution in [0.15, 0.2) is 30.3 Å². The number of likely N-dealkylation sites (tertiary alicyclic amines) is 1. The third-order valence-corrected chi connectivity index (χ3v) is 3.99. The Balaban J connectivity index is 1.65. The van der Waals surface area contributed by atoms with Crippen molar-refractivity contribution in [1.82, 2.24) is 10.2 Å². The van der Waals surface area contributed by atoms with E-state index in [2.05, 4.69) is 17.4 Å². The fourth-order valence-corrected chi connectivity index (χ4v) is 2.92. The summed E-state index contributed by atoms with van der Waals surface area (Å²) in [6.07, 6.45) is 2.85. The molecule has 1 N–H and O–H groups in total. The molecule has 0 saturated carbocycles. The van der Waals surface area contributed by atoms with Crippen molar-refractivity contribution >= 4 is 6.09 Å². The topological polar surface area (TPSA) is 41.6 Å². The highest BCUT2D eigenvalue weighted by atomic mass is 16.6. The molecule has 4 heteroatoms. The van der Waals surface area contributed by atoms with Gasteiger partial charge in [-0.1, -0.05) is 30.3 Å². The van der Waals surface area contributed by atoms with Crippen molar-refractivity contribution < 1.29 is 9.53 Å². The van der Waals surface area contributed by atoms with Gasteiger partial charge >= 0.3 is 6.09 Å². The molecule has 0 spiro atoms. The second-order valence-electron chi connectivity index (χ2n) is 5.26. The Morgan fingerprint density at radius 3 is 2.68 bits per heavy atom. The average Bonchev–Trinajstić information content (AvgIpc) is 3.11. The molecule has 0 unspecified atom stereocenters. The van der Waals surface area contributed by atoms with Crippen LogP contribution >= 0.6 is 0 Å². The molecular formula is C15H20N2O2. The molecule has 0 bridgehead atoms. The van der Waals surface area contributed by atoms with Gasteiger partial charge in [-0.2, -0.15) is 0 Å². The van der Waals surface area contributed by atoms with E-state index in [9.17, 15) is 4.79 Å². The number of nitrogens with zero attached hydrogens (tertiary/aromatic N) is 1. The van der Waals surface area contributed by atoms with E-state index in [1.54, 1.807) is 0 Å². The Morgan fingerprint density at radius 1 is 1.21 bits per heavy atom. The number of ether oxygens (including phenoxy) is 1. The smallest absolute Gasteiger partial charge is 0.411 e. The summed E-state index contributed by atoms with van der Waals surface area (Å²) in [5, 5.41) is 3.29. The van der Waals surface area contributed by atoms with Gasteiger partial charge in [-0.25, -0.2) is 4.79 Å². The van der Waals surface area contributed by atoms with Gasteiger partial charge in [-0.05, 0) is 31.4 Å². The third kappa shape index (κ3) is 2.73. The SMILES string of the molecule is O=C(O[C@H]1NCC[C@@H]1c1ccccc1)N1CCCC1. The number of hydrogen-bond acceptors (Lipinski definition) is 3. The summed E-state index contributed by atoms with van der Waals surface area (Å²) in [6, 6.07) is 10.3. The first-order valence-electron chi connectivity index (χ1n) is 7.08. The lowest BCUT2D eigenvalue weighted by atomic mass is 9.97. The molecule has 4 nitrogen and oxygen atoms in total. The van der Waals surface area contributed by atoms with Crippen molar-refractivity contribution in [2.75, 3.05) is 19.6 Å². The molecule has 102 valence electrons. The molecule has 2 fully saturated rings. The lowest BCUT2D eigenvalue weighted by Crippen LogP contribution is -2.37. The Labute approximate surface area is 113 Å². The van der Waals surface area contributed by atoms with Gasteiger partial charge in [0.2, 0.25) is 0 Å². The summed E-state index contributed by atoms with van der Waals surface area (Å²) in [4.78, 5) is 13.8. The molecule has 2 heterocycles. The monoisotopic (exact) mass is 260 g/mol. The summed E-state index contributed by atoms with van der Waals surface area (Å²) < 4.78 is 5.64. The van der Waals surface area contributed by atoms with Crippen molar-refractivity contribution in [3.8, 4) is 0 Å². The first-order valence-corrected chi connectivity index (χ1v) is 7.08. The molecule has 0 aromatic heterocycles. The third-order valence-electron chi connectivity index (χ3n) is 3.99. The summed E-state index contributed by atoms with van der Waals surface area (Å²) >= 11 is 0.